The molecule has 0 fully saturated rings. The van der Waals surface area contributed by atoms with E-state index in [4.69, 9.17) is 0 Å². The van der Waals surface area contributed by atoms with Crippen LogP contribution in [0.4, 0.5) is 13.2 Å². The van der Waals surface area contributed by atoms with Crippen molar-refractivity contribution in [1.29, 1.82) is 0 Å². The van der Waals surface area contributed by atoms with E-state index in [0.717, 1.165) is 6.20 Å². The van der Waals surface area contributed by atoms with Crippen LogP contribution >= 0.6 is 38.5 Å². The van der Waals surface area contributed by atoms with Crippen LogP contribution in [0.2, 0.25) is 0 Å². The van der Waals surface area contributed by atoms with Crippen LogP contribution in [-0.4, -0.2) is 17.6 Å². The Labute approximate surface area is 111 Å². The lowest BCUT2D eigenvalue weighted by Gasteiger charge is -2.13. The van der Waals surface area contributed by atoms with Gasteiger partial charge in [0.2, 0.25) is 0 Å². The van der Waals surface area contributed by atoms with Crippen molar-refractivity contribution in [3.63, 3.8) is 0 Å². The van der Waals surface area contributed by atoms with E-state index < -0.39 is 12.1 Å². The van der Waals surface area contributed by atoms with Crippen LogP contribution in [-0.2, 0) is 5.33 Å². The molecule has 0 atom stereocenters. The molecular formula is C8H4BrF3INO2. The zero-order chi connectivity index (χ0) is 12.3. The summed E-state index contributed by atoms with van der Waals surface area (Å²) in [4.78, 5) is 14.4. The number of hydrogen-bond acceptors (Lipinski definition) is 3. The number of ether oxygens (including phenoxy) is 1. The Hall–Kier alpha value is -0.380. The monoisotopic (exact) mass is 409 g/mol. The topological polar surface area (TPSA) is 39.2 Å². The molecule has 88 valence electrons. The van der Waals surface area contributed by atoms with Crippen molar-refractivity contribution >= 4 is 44.8 Å². The Kier molecular flexibility index (Phi) is 4.53. The summed E-state index contributed by atoms with van der Waals surface area (Å²) in [5.41, 5.74) is 0.150. The standard InChI is InChI=1S/C8H4BrF3INO2/c9-1-5-6(13)7(16-8(10,11)12)4(3-15)2-14-5/h2-3H,1H2. The molecule has 0 aromatic carbocycles. The third-order valence-corrected chi connectivity index (χ3v) is 3.19. The first-order chi connectivity index (χ1) is 7.39. The second-order valence-corrected chi connectivity index (χ2v) is 4.24. The smallest absolute Gasteiger partial charge is 0.404 e. The van der Waals surface area contributed by atoms with Gasteiger partial charge in [0.1, 0.15) is 0 Å². The average molecular weight is 410 g/mol. The van der Waals surface area contributed by atoms with E-state index >= 15 is 0 Å². The van der Waals surface area contributed by atoms with Gasteiger partial charge in [-0.25, -0.2) is 0 Å². The van der Waals surface area contributed by atoms with Crippen LogP contribution in [0.1, 0.15) is 16.1 Å². The summed E-state index contributed by atoms with van der Waals surface area (Å²) in [5, 5.41) is 0.276. The number of carbonyl (C=O) groups excluding carboxylic acids is 1. The Bertz CT molecular complexity index is 411. The number of nitrogens with zero attached hydrogens (tertiary/aromatic N) is 1. The third-order valence-electron chi connectivity index (χ3n) is 1.55. The molecule has 0 bridgehead atoms. The zero-order valence-corrected chi connectivity index (χ0v) is 11.3. The molecule has 0 N–H and O–H groups in total. The molecule has 8 heteroatoms. The van der Waals surface area contributed by atoms with Gasteiger partial charge in [0.15, 0.2) is 12.0 Å². The highest BCUT2D eigenvalue weighted by Gasteiger charge is 2.33. The summed E-state index contributed by atoms with van der Waals surface area (Å²) in [6, 6.07) is 0. The molecule has 0 aliphatic heterocycles. The maximum atomic E-state index is 12.1. The van der Waals surface area contributed by atoms with Crippen LogP contribution in [0.3, 0.4) is 0 Å². The van der Waals surface area contributed by atoms with E-state index in [-0.39, 0.29) is 20.7 Å². The van der Waals surface area contributed by atoms with Gasteiger partial charge in [-0.05, 0) is 22.6 Å². The minimum atomic E-state index is -4.83. The van der Waals surface area contributed by atoms with Gasteiger partial charge in [-0.15, -0.1) is 13.2 Å². The number of aldehydes is 1. The van der Waals surface area contributed by atoms with Gasteiger partial charge < -0.3 is 4.74 Å². The van der Waals surface area contributed by atoms with Crippen LogP contribution in [0.15, 0.2) is 6.20 Å². The Morgan fingerprint density at radius 2 is 2.19 bits per heavy atom. The predicted octanol–water partition coefficient (Wildman–Crippen LogP) is 3.29. The molecule has 0 aliphatic carbocycles. The maximum Gasteiger partial charge on any atom is 0.573 e. The second kappa shape index (κ2) is 5.30. The van der Waals surface area contributed by atoms with Crippen molar-refractivity contribution in [3.05, 3.63) is 21.0 Å². The first kappa shape index (κ1) is 13.7. The van der Waals surface area contributed by atoms with Crippen molar-refractivity contribution in [2.75, 3.05) is 0 Å². The number of pyridine rings is 1. The van der Waals surface area contributed by atoms with E-state index in [1.807, 2.05) is 0 Å². The molecule has 3 nitrogen and oxygen atoms in total. The van der Waals surface area contributed by atoms with Gasteiger partial charge in [0.05, 0.1) is 14.8 Å². The molecule has 1 rings (SSSR count). The van der Waals surface area contributed by atoms with Crippen molar-refractivity contribution in [1.82, 2.24) is 4.98 Å². The number of hydrogen-bond donors (Lipinski definition) is 0. The van der Waals surface area contributed by atoms with E-state index in [2.05, 4.69) is 25.7 Å². The highest BCUT2D eigenvalue weighted by atomic mass is 127. The Balaban J connectivity index is 3.26. The van der Waals surface area contributed by atoms with Gasteiger partial charge in [0.25, 0.3) is 0 Å². The van der Waals surface area contributed by atoms with Crippen molar-refractivity contribution in [2.24, 2.45) is 0 Å². The quantitative estimate of drug-likeness (QED) is 0.437. The second-order valence-electron chi connectivity index (χ2n) is 2.60. The van der Waals surface area contributed by atoms with Crippen LogP contribution in [0.5, 0.6) is 5.75 Å². The van der Waals surface area contributed by atoms with Gasteiger partial charge in [-0.3, -0.25) is 9.78 Å². The van der Waals surface area contributed by atoms with E-state index in [0.29, 0.717) is 5.69 Å². The van der Waals surface area contributed by atoms with Gasteiger partial charge in [0, 0.05) is 11.5 Å². The maximum absolute atomic E-state index is 12.1. The van der Waals surface area contributed by atoms with Crippen LogP contribution in [0, 0.1) is 3.57 Å². The lowest BCUT2D eigenvalue weighted by molar-refractivity contribution is -0.275. The molecule has 1 aromatic heterocycles. The zero-order valence-electron chi connectivity index (χ0n) is 7.52. The summed E-state index contributed by atoms with van der Waals surface area (Å²) in [7, 11) is 0. The predicted molar refractivity (Wildman–Crippen MR) is 61.7 cm³/mol. The number of aromatic nitrogens is 1. The van der Waals surface area contributed by atoms with Crippen molar-refractivity contribution < 1.29 is 22.7 Å². The molecule has 0 amide bonds. The molecule has 0 unspecified atom stereocenters. The minimum absolute atomic E-state index is 0.163. The summed E-state index contributed by atoms with van der Waals surface area (Å²) >= 11 is 4.73. The fourth-order valence-electron chi connectivity index (χ4n) is 0.917. The van der Waals surface area contributed by atoms with Crippen molar-refractivity contribution in [3.8, 4) is 5.75 Å². The first-order valence-electron chi connectivity index (χ1n) is 3.83. The molecule has 0 saturated heterocycles. The molecule has 0 spiro atoms. The summed E-state index contributed by atoms with van der Waals surface area (Å²) < 4.78 is 40.3. The molecular weight excluding hydrogens is 406 g/mol. The fraction of sp³-hybridized carbons (Fsp3) is 0.250. The lowest BCUT2D eigenvalue weighted by atomic mass is 10.2. The minimum Gasteiger partial charge on any atom is -0.404 e. The average Bonchev–Trinajstić information content (AvgIpc) is 2.19. The number of rotatable bonds is 3. The Morgan fingerprint density at radius 3 is 2.62 bits per heavy atom. The van der Waals surface area contributed by atoms with E-state index in [1.165, 1.54) is 0 Å². The van der Waals surface area contributed by atoms with Crippen LogP contribution < -0.4 is 4.74 Å². The lowest BCUT2D eigenvalue weighted by Crippen LogP contribution is -2.19. The summed E-state index contributed by atoms with van der Waals surface area (Å²) in [6.07, 6.45) is -3.51. The number of halogens is 5. The number of alkyl halides is 4. The third kappa shape index (κ3) is 3.30. The largest absolute Gasteiger partial charge is 0.573 e. The molecule has 0 saturated carbocycles. The van der Waals surface area contributed by atoms with E-state index in [1.54, 1.807) is 22.6 Å². The molecule has 16 heavy (non-hydrogen) atoms. The summed E-state index contributed by atoms with van der Waals surface area (Å²) in [6.45, 7) is 0. The SMILES string of the molecule is O=Cc1cnc(CBr)c(I)c1OC(F)(F)F. The normalized spacial score (nSPS) is 11.3. The molecule has 0 radical (unpaired) electrons. The molecule has 1 heterocycles. The fourth-order valence-corrected chi connectivity index (χ4v) is 2.62. The molecule has 0 aliphatic rings. The van der Waals surface area contributed by atoms with Gasteiger partial charge >= 0.3 is 6.36 Å². The Morgan fingerprint density at radius 1 is 1.56 bits per heavy atom. The highest BCUT2D eigenvalue weighted by molar-refractivity contribution is 14.1. The van der Waals surface area contributed by atoms with Gasteiger partial charge in [-0.2, -0.15) is 0 Å². The first-order valence-corrected chi connectivity index (χ1v) is 6.03. The van der Waals surface area contributed by atoms with E-state index in [9.17, 15) is 18.0 Å². The van der Waals surface area contributed by atoms with Crippen LogP contribution in [0.25, 0.3) is 0 Å². The summed E-state index contributed by atoms with van der Waals surface area (Å²) in [5.74, 6) is -0.507. The highest BCUT2D eigenvalue weighted by Crippen LogP contribution is 2.32. The van der Waals surface area contributed by atoms with Crippen molar-refractivity contribution in [2.45, 2.75) is 11.7 Å². The number of carbonyl (C=O) groups is 1. The van der Waals surface area contributed by atoms with Gasteiger partial charge in [-0.1, -0.05) is 15.9 Å². The molecule has 1 aromatic rings.